The van der Waals surface area contributed by atoms with Crippen LogP contribution in [0.3, 0.4) is 0 Å². The van der Waals surface area contributed by atoms with Crippen molar-refractivity contribution < 1.29 is 22.8 Å². The van der Waals surface area contributed by atoms with Crippen LogP contribution in [0.2, 0.25) is 0 Å². The van der Waals surface area contributed by atoms with Gasteiger partial charge in [-0.05, 0) is 12.1 Å². The SMILES string of the molecule is CC(=O)n1c(SCC(=O)Nc2nnc(C(F)(F)F)s2)nc2ccccc21. The van der Waals surface area contributed by atoms with E-state index in [1.165, 1.54) is 11.5 Å². The lowest BCUT2D eigenvalue weighted by molar-refractivity contribution is -0.138. The molecule has 7 nitrogen and oxygen atoms in total. The zero-order valence-corrected chi connectivity index (χ0v) is 14.7. The molecule has 1 amide bonds. The summed E-state index contributed by atoms with van der Waals surface area (Å²) in [6.45, 7) is 1.37. The lowest BCUT2D eigenvalue weighted by atomic mass is 10.3. The molecule has 2 aromatic heterocycles. The summed E-state index contributed by atoms with van der Waals surface area (Å²) in [4.78, 5) is 28.1. The number of para-hydroxylation sites is 2. The van der Waals surface area contributed by atoms with Gasteiger partial charge in [0.25, 0.3) is 0 Å². The summed E-state index contributed by atoms with van der Waals surface area (Å²) in [5.41, 5.74) is 1.21. The second-order valence-corrected chi connectivity index (χ2v) is 6.90. The first-order valence-corrected chi connectivity index (χ1v) is 8.87. The van der Waals surface area contributed by atoms with Gasteiger partial charge in [-0.25, -0.2) is 4.98 Å². The van der Waals surface area contributed by atoms with Crippen molar-refractivity contribution in [3.63, 3.8) is 0 Å². The molecule has 3 aromatic rings. The van der Waals surface area contributed by atoms with Crippen LogP contribution in [0.15, 0.2) is 29.4 Å². The van der Waals surface area contributed by atoms with E-state index < -0.39 is 17.1 Å². The monoisotopic (exact) mass is 401 g/mol. The average Bonchev–Trinajstić information content (AvgIpc) is 3.16. The predicted octanol–water partition coefficient (Wildman–Crippen LogP) is 3.30. The van der Waals surface area contributed by atoms with E-state index in [4.69, 9.17) is 0 Å². The number of aromatic nitrogens is 4. The summed E-state index contributed by atoms with van der Waals surface area (Å²) in [6, 6.07) is 7.00. The third-order valence-electron chi connectivity index (χ3n) is 3.09. The maximum Gasteiger partial charge on any atom is 0.445 e. The standard InChI is InChI=1S/C14H10F3N5O2S2/c1-7(23)22-9-5-3-2-4-8(9)18-13(22)25-6-10(24)19-12-21-20-11(26-12)14(15,16)17/h2-5H,6H2,1H3,(H,19,21,24). The molecule has 0 aliphatic rings. The maximum absolute atomic E-state index is 12.5. The van der Waals surface area contributed by atoms with E-state index in [0.29, 0.717) is 16.2 Å². The lowest BCUT2D eigenvalue weighted by Crippen LogP contribution is -2.15. The van der Waals surface area contributed by atoms with Crippen LogP contribution < -0.4 is 5.32 Å². The van der Waals surface area contributed by atoms with Gasteiger partial charge in [0.2, 0.25) is 22.0 Å². The molecule has 0 saturated carbocycles. The molecule has 1 N–H and O–H groups in total. The van der Waals surface area contributed by atoms with Gasteiger partial charge in [0.1, 0.15) is 0 Å². The van der Waals surface area contributed by atoms with Gasteiger partial charge in [-0.2, -0.15) is 13.2 Å². The molecule has 0 aliphatic heterocycles. The largest absolute Gasteiger partial charge is 0.445 e. The fourth-order valence-corrected chi connectivity index (χ4v) is 3.56. The van der Waals surface area contributed by atoms with Crippen LogP contribution >= 0.6 is 23.1 Å². The number of rotatable bonds is 4. The van der Waals surface area contributed by atoms with E-state index in [2.05, 4.69) is 20.5 Å². The Hall–Kier alpha value is -2.47. The van der Waals surface area contributed by atoms with E-state index in [1.54, 1.807) is 24.3 Å². The van der Waals surface area contributed by atoms with Crippen molar-refractivity contribution in [2.45, 2.75) is 18.3 Å². The van der Waals surface area contributed by atoms with Crippen LogP contribution in [0.4, 0.5) is 18.3 Å². The molecule has 136 valence electrons. The van der Waals surface area contributed by atoms with Gasteiger partial charge < -0.3 is 0 Å². The second kappa shape index (κ2) is 7.03. The molecule has 2 heterocycles. The van der Waals surface area contributed by atoms with Crippen molar-refractivity contribution in [1.82, 2.24) is 19.7 Å². The van der Waals surface area contributed by atoms with E-state index in [-0.39, 0.29) is 28.1 Å². The Kier molecular flexibility index (Phi) is 4.96. The topological polar surface area (TPSA) is 89.8 Å². The molecule has 0 atom stereocenters. The number of hydrogen-bond acceptors (Lipinski definition) is 7. The van der Waals surface area contributed by atoms with Gasteiger partial charge in [0.15, 0.2) is 5.16 Å². The zero-order chi connectivity index (χ0) is 18.9. The van der Waals surface area contributed by atoms with Crippen LogP contribution in [0, 0.1) is 0 Å². The summed E-state index contributed by atoms with van der Waals surface area (Å²) < 4.78 is 38.8. The van der Waals surface area contributed by atoms with Crippen LogP contribution in [-0.4, -0.2) is 37.3 Å². The molecule has 1 aromatic carbocycles. The Morgan fingerprint density at radius 2 is 2.00 bits per heavy atom. The molecular weight excluding hydrogens is 391 g/mol. The average molecular weight is 401 g/mol. The first-order chi connectivity index (χ1) is 12.3. The Bertz CT molecular complexity index is 983. The van der Waals surface area contributed by atoms with Gasteiger partial charge in [0, 0.05) is 6.92 Å². The number of nitrogens with zero attached hydrogens (tertiary/aromatic N) is 4. The quantitative estimate of drug-likeness (QED) is 0.675. The first-order valence-electron chi connectivity index (χ1n) is 7.07. The van der Waals surface area contributed by atoms with Gasteiger partial charge in [-0.1, -0.05) is 35.2 Å². The number of thioether (sulfide) groups is 1. The number of nitrogens with one attached hydrogen (secondary N) is 1. The molecule has 0 spiro atoms. The highest BCUT2D eigenvalue weighted by Crippen LogP contribution is 2.33. The minimum atomic E-state index is -4.61. The van der Waals surface area contributed by atoms with Gasteiger partial charge >= 0.3 is 6.18 Å². The molecular formula is C14H10F3N5O2S2. The molecule has 0 saturated heterocycles. The fraction of sp³-hybridized carbons (Fsp3) is 0.214. The number of carbonyl (C=O) groups is 2. The van der Waals surface area contributed by atoms with Gasteiger partial charge in [-0.15, -0.1) is 10.2 Å². The van der Waals surface area contributed by atoms with Crippen LogP contribution in [-0.2, 0) is 11.0 Å². The number of halogens is 3. The summed E-state index contributed by atoms with van der Waals surface area (Å²) in [5, 5.41) is 7.46. The van der Waals surface area contributed by atoms with Crippen molar-refractivity contribution >= 4 is 51.1 Å². The Morgan fingerprint density at radius 3 is 2.65 bits per heavy atom. The molecule has 12 heteroatoms. The Labute approximate surface area is 152 Å². The third-order valence-corrected chi connectivity index (χ3v) is 4.91. The normalized spacial score (nSPS) is 11.7. The highest BCUT2D eigenvalue weighted by atomic mass is 32.2. The smallest absolute Gasteiger partial charge is 0.300 e. The number of anilines is 1. The molecule has 0 bridgehead atoms. The van der Waals surface area contributed by atoms with Gasteiger partial charge in [-0.3, -0.25) is 19.5 Å². The fourth-order valence-electron chi connectivity index (χ4n) is 2.08. The first kappa shape index (κ1) is 18.3. The highest BCUT2D eigenvalue weighted by molar-refractivity contribution is 7.99. The minimum Gasteiger partial charge on any atom is -0.300 e. The predicted molar refractivity (Wildman–Crippen MR) is 90.3 cm³/mol. The molecule has 0 unspecified atom stereocenters. The molecule has 3 rings (SSSR count). The molecule has 0 aliphatic carbocycles. The Balaban J connectivity index is 1.70. The van der Waals surface area contributed by atoms with Crippen molar-refractivity contribution in [3.05, 3.63) is 29.3 Å². The summed E-state index contributed by atoms with van der Waals surface area (Å²) >= 11 is 1.23. The number of benzene rings is 1. The van der Waals surface area contributed by atoms with E-state index in [1.807, 2.05) is 0 Å². The van der Waals surface area contributed by atoms with Crippen molar-refractivity contribution in [2.24, 2.45) is 0 Å². The zero-order valence-electron chi connectivity index (χ0n) is 13.1. The summed E-state index contributed by atoms with van der Waals surface area (Å²) in [7, 11) is 0. The van der Waals surface area contributed by atoms with E-state index in [0.717, 1.165) is 11.8 Å². The summed E-state index contributed by atoms with van der Waals surface area (Å²) in [5.74, 6) is -1.00. The number of amides is 1. The molecule has 0 radical (unpaired) electrons. The number of alkyl halides is 3. The lowest BCUT2D eigenvalue weighted by Gasteiger charge is -2.04. The van der Waals surface area contributed by atoms with Gasteiger partial charge in [0.05, 0.1) is 16.8 Å². The van der Waals surface area contributed by atoms with Crippen molar-refractivity contribution in [2.75, 3.05) is 11.1 Å². The summed E-state index contributed by atoms with van der Waals surface area (Å²) in [6.07, 6.45) is -4.61. The van der Waals surface area contributed by atoms with E-state index in [9.17, 15) is 22.8 Å². The molecule has 26 heavy (non-hydrogen) atoms. The number of hydrogen-bond donors (Lipinski definition) is 1. The highest BCUT2D eigenvalue weighted by Gasteiger charge is 2.35. The van der Waals surface area contributed by atoms with Crippen LogP contribution in [0.5, 0.6) is 0 Å². The number of carbonyl (C=O) groups excluding carboxylic acids is 2. The van der Waals surface area contributed by atoms with Crippen LogP contribution in [0.25, 0.3) is 11.0 Å². The number of imidazole rings is 1. The minimum absolute atomic E-state index is 0.155. The Morgan fingerprint density at radius 1 is 1.27 bits per heavy atom. The van der Waals surface area contributed by atoms with Crippen LogP contribution in [0.1, 0.15) is 16.7 Å². The second-order valence-electron chi connectivity index (χ2n) is 4.98. The number of fused-ring (bicyclic) bond motifs is 1. The molecule has 0 fully saturated rings. The third kappa shape index (κ3) is 3.85. The van der Waals surface area contributed by atoms with E-state index >= 15 is 0 Å². The maximum atomic E-state index is 12.5. The van der Waals surface area contributed by atoms with Crippen molar-refractivity contribution in [1.29, 1.82) is 0 Å². The van der Waals surface area contributed by atoms with Crippen molar-refractivity contribution in [3.8, 4) is 0 Å².